The summed E-state index contributed by atoms with van der Waals surface area (Å²) >= 11 is 0. The Balaban J connectivity index is 2.26. The molecule has 0 aliphatic carbocycles. The lowest BCUT2D eigenvalue weighted by Gasteiger charge is -2.15. The van der Waals surface area contributed by atoms with E-state index in [-0.39, 0.29) is 5.43 Å². The van der Waals surface area contributed by atoms with Gasteiger partial charge in [-0.3, -0.25) is 9.78 Å². The Morgan fingerprint density at radius 2 is 2.08 bits per heavy atom. The monoisotopic (exact) mass is 324 g/mol. The van der Waals surface area contributed by atoms with Crippen molar-refractivity contribution in [1.82, 2.24) is 10.3 Å². The van der Waals surface area contributed by atoms with Crippen molar-refractivity contribution in [1.29, 1.82) is 0 Å². The lowest BCUT2D eigenvalue weighted by atomic mass is 10.0. The highest BCUT2D eigenvalue weighted by Crippen LogP contribution is 2.28. The summed E-state index contributed by atoms with van der Waals surface area (Å²) in [6.45, 7) is 3.55. The van der Waals surface area contributed by atoms with Gasteiger partial charge in [-0.1, -0.05) is 12.1 Å². The average molecular weight is 324 g/mol. The summed E-state index contributed by atoms with van der Waals surface area (Å²) < 4.78 is 5.92. The van der Waals surface area contributed by atoms with E-state index >= 15 is 0 Å². The van der Waals surface area contributed by atoms with E-state index in [1.165, 1.54) is 6.07 Å². The van der Waals surface area contributed by atoms with Crippen LogP contribution in [-0.4, -0.2) is 16.2 Å². The van der Waals surface area contributed by atoms with Gasteiger partial charge in [0.15, 0.2) is 11.2 Å². The molecule has 0 bridgehead atoms. The SMILES string of the molecule is Cc1cc([C@@H](C)NC(=O)O)c2oc(-c3ccccn3)cc(=O)c2c1. The van der Waals surface area contributed by atoms with E-state index in [0.717, 1.165) is 5.56 Å². The number of benzene rings is 1. The number of hydrogen-bond donors (Lipinski definition) is 2. The van der Waals surface area contributed by atoms with Crippen molar-refractivity contribution >= 4 is 17.1 Å². The highest BCUT2D eigenvalue weighted by Gasteiger charge is 2.17. The van der Waals surface area contributed by atoms with Crippen LogP contribution in [0.5, 0.6) is 0 Å². The maximum Gasteiger partial charge on any atom is 0.405 e. The maximum absolute atomic E-state index is 12.5. The molecule has 3 rings (SSSR count). The summed E-state index contributed by atoms with van der Waals surface area (Å²) in [4.78, 5) is 27.6. The molecule has 6 nitrogen and oxygen atoms in total. The first-order valence-corrected chi connectivity index (χ1v) is 7.45. The van der Waals surface area contributed by atoms with E-state index < -0.39 is 12.1 Å². The number of carbonyl (C=O) groups is 1. The molecule has 2 aromatic heterocycles. The van der Waals surface area contributed by atoms with Crippen LogP contribution in [0, 0.1) is 6.92 Å². The standard InChI is InChI=1S/C18H16N2O4/c1-10-7-12(11(2)20-18(22)23)17-13(8-10)15(21)9-16(24-17)14-5-3-4-6-19-14/h3-9,11,20H,1-2H3,(H,22,23)/t11-/m1/s1. The minimum Gasteiger partial charge on any atom is -0.465 e. The first-order valence-electron chi connectivity index (χ1n) is 7.45. The summed E-state index contributed by atoms with van der Waals surface area (Å²) in [5, 5.41) is 11.8. The Morgan fingerprint density at radius 3 is 2.75 bits per heavy atom. The molecule has 2 N–H and O–H groups in total. The van der Waals surface area contributed by atoms with Crippen LogP contribution in [-0.2, 0) is 0 Å². The van der Waals surface area contributed by atoms with Crippen molar-refractivity contribution in [2.45, 2.75) is 19.9 Å². The molecular formula is C18H16N2O4. The largest absolute Gasteiger partial charge is 0.465 e. The van der Waals surface area contributed by atoms with E-state index in [4.69, 9.17) is 9.52 Å². The zero-order valence-electron chi connectivity index (χ0n) is 13.2. The fraction of sp³-hybridized carbons (Fsp3) is 0.167. The quantitative estimate of drug-likeness (QED) is 0.769. The molecule has 1 aromatic carbocycles. The third-order valence-corrected chi connectivity index (χ3v) is 3.73. The van der Waals surface area contributed by atoms with E-state index in [2.05, 4.69) is 10.3 Å². The van der Waals surface area contributed by atoms with Gasteiger partial charge in [0, 0.05) is 17.8 Å². The fourth-order valence-electron chi connectivity index (χ4n) is 2.65. The highest BCUT2D eigenvalue weighted by atomic mass is 16.4. The number of fused-ring (bicyclic) bond motifs is 1. The van der Waals surface area contributed by atoms with Gasteiger partial charge in [-0.15, -0.1) is 0 Å². The molecule has 122 valence electrons. The minimum atomic E-state index is -1.14. The van der Waals surface area contributed by atoms with Gasteiger partial charge in [0.1, 0.15) is 11.3 Å². The van der Waals surface area contributed by atoms with Gasteiger partial charge in [-0.05, 0) is 37.6 Å². The molecule has 2 heterocycles. The van der Waals surface area contributed by atoms with Gasteiger partial charge in [0.05, 0.1) is 11.4 Å². The molecule has 0 aliphatic rings. The van der Waals surface area contributed by atoms with E-state index in [1.807, 2.05) is 13.0 Å². The fourth-order valence-corrected chi connectivity index (χ4v) is 2.65. The Bertz CT molecular complexity index is 964. The van der Waals surface area contributed by atoms with Crippen molar-refractivity contribution in [3.05, 3.63) is 63.9 Å². The van der Waals surface area contributed by atoms with Crippen molar-refractivity contribution in [2.75, 3.05) is 0 Å². The third kappa shape index (κ3) is 2.99. The number of amides is 1. The van der Waals surface area contributed by atoms with Gasteiger partial charge in [0.2, 0.25) is 0 Å². The van der Waals surface area contributed by atoms with Crippen LogP contribution < -0.4 is 10.7 Å². The molecule has 0 aliphatic heterocycles. The van der Waals surface area contributed by atoms with Gasteiger partial charge >= 0.3 is 6.09 Å². The second-order valence-corrected chi connectivity index (χ2v) is 5.59. The molecule has 0 saturated carbocycles. The maximum atomic E-state index is 12.5. The summed E-state index contributed by atoms with van der Waals surface area (Å²) in [7, 11) is 0. The summed E-state index contributed by atoms with van der Waals surface area (Å²) in [6.07, 6.45) is 0.477. The number of nitrogens with zero attached hydrogens (tertiary/aromatic N) is 1. The predicted octanol–water partition coefficient (Wildman–Crippen LogP) is 3.49. The van der Waals surface area contributed by atoms with Crippen LogP contribution in [0.3, 0.4) is 0 Å². The van der Waals surface area contributed by atoms with Crippen LogP contribution in [0.25, 0.3) is 22.4 Å². The Labute approximate surface area is 137 Å². The van der Waals surface area contributed by atoms with Gasteiger partial charge in [-0.2, -0.15) is 0 Å². The molecule has 0 unspecified atom stereocenters. The van der Waals surface area contributed by atoms with Crippen molar-refractivity contribution in [3.63, 3.8) is 0 Å². The zero-order chi connectivity index (χ0) is 17.3. The number of rotatable bonds is 3. The molecule has 6 heteroatoms. The van der Waals surface area contributed by atoms with E-state index in [1.54, 1.807) is 37.4 Å². The molecule has 0 spiro atoms. The molecular weight excluding hydrogens is 308 g/mol. The van der Waals surface area contributed by atoms with Gasteiger partial charge < -0.3 is 14.8 Å². The third-order valence-electron chi connectivity index (χ3n) is 3.73. The van der Waals surface area contributed by atoms with Crippen LogP contribution in [0.1, 0.15) is 24.1 Å². The number of pyridine rings is 1. The minimum absolute atomic E-state index is 0.190. The van der Waals surface area contributed by atoms with E-state index in [9.17, 15) is 9.59 Å². The van der Waals surface area contributed by atoms with Crippen LogP contribution in [0.2, 0.25) is 0 Å². The number of aromatic nitrogens is 1. The normalized spacial score (nSPS) is 12.1. The highest BCUT2D eigenvalue weighted by molar-refractivity contribution is 5.83. The second kappa shape index (κ2) is 6.16. The Morgan fingerprint density at radius 1 is 1.29 bits per heavy atom. The second-order valence-electron chi connectivity index (χ2n) is 5.59. The first kappa shape index (κ1) is 15.7. The summed E-state index contributed by atoms with van der Waals surface area (Å²) in [6, 6.07) is 9.76. The van der Waals surface area contributed by atoms with Crippen LogP contribution in [0.4, 0.5) is 4.79 Å². The number of nitrogens with one attached hydrogen (secondary N) is 1. The van der Waals surface area contributed by atoms with Crippen molar-refractivity contribution in [2.24, 2.45) is 0 Å². The van der Waals surface area contributed by atoms with Crippen LogP contribution >= 0.6 is 0 Å². The molecule has 0 radical (unpaired) electrons. The molecule has 0 fully saturated rings. The number of aryl methyl sites for hydroxylation is 1. The van der Waals surface area contributed by atoms with Crippen molar-refractivity contribution < 1.29 is 14.3 Å². The summed E-state index contributed by atoms with van der Waals surface area (Å²) in [5.41, 5.74) is 2.19. The summed E-state index contributed by atoms with van der Waals surface area (Å²) in [5.74, 6) is 0.348. The topological polar surface area (TPSA) is 92.4 Å². The van der Waals surface area contributed by atoms with Crippen molar-refractivity contribution in [3.8, 4) is 11.5 Å². The molecule has 3 aromatic rings. The van der Waals surface area contributed by atoms with Gasteiger partial charge in [0.25, 0.3) is 0 Å². The predicted molar refractivity (Wildman–Crippen MR) is 90.0 cm³/mol. The van der Waals surface area contributed by atoms with Gasteiger partial charge in [-0.25, -0.2) is 4.79 Å². The molecule has 1 amide bonds. The molecule has 1 atom stereocenters. The Kier molecular flexibility index (Phi) is 4.04. The van der Waals surface area contributed by atoms with Crippen LogP contribution in [0.15, 0.2) is 51.8 Å². The molecule has 24 heavy (non-hydrogen) atoms. The van der Waals surface area contributed by atoms with E-state index in [0.29, 0.717) is 28.0 Å². The molecule has 0 saturated heterocycles. The lowest BCUT2D eigenvalue weighted by Crippen LogP contribution is -2.25. The smallest absolute Gasteiger partial charge is 0.405 e. The zero-order valence-corrected chi connectivity index (χ0v) is 13.2. The Hall–Kier alpha value is -3.15. The first-order chi connectivity index (χ1) is 11.5. The lowest BCUT2D eigenvalue weighted by molar-refractivity contribution is 0.191. The number of hydrogen-bond acceptors (Lipinski definition) is 4. The average Bonchev–Trinajstić information content (AvgIpc) is 2.55. The number of carboxylic acid groups (broad SMARTS) is 1.